The Balaban J connectivity index is 1.02. The highest BCUT2D eigenvalue weighted by Crippen LogP contribution is 2.38. The predicted octanol–water partition coefficient (Wildman–Crippen LogP) is 10.6. The molecule has 0 saturated carbocycles. The van der Waals surface area contributed by atoms with Crippen LogP contribution in [-0.2, 0) is 0 Å². The topological polar surface area (TPSA) is 9.86 Å². The van der Waals surface area contributed by atoms with Crippen molar-refractivity contribution in [1.29, 1.82) is 0 Å². The molecule has 14 rings (SSSR count). The van der Waals surface area contributed by atoms with Gasteiger partial charge in [0.05, 0.1) is 28.9 Å². The van der Waals surface area contributed by atoms with Crippen molar-refractivity contribution in [3.8, 4) is 22.5 Å². The van der Waals surface area contributed by atoms with Gasteiger partial charge in [0, 0.05) is 32.9 Å². The monoisotopic (exact) mass is 927 g/mol. The Bertz CT molecular complexity index is 4250. The van der Waals surface area contributed by atoms with Crippen LogP contribution in [0.15, 0.2) is 279 Å². The third-order valence-electron chi connectivity index (χ3n) is 15.0. The van der Waals surface area contributed by atoms with Crippen molar-refractivity contribution >= 4 is 101 Å². The normalized spacial score (nSPS) is 14.7. The zero-order valence-electron chi connectivity index (χ0n) is 43.1. The number of hydrogen-bond donors (Lipinski definition) is 0. The molecule has 2 nitrogen and oxygen atoms in total. The first-order valence-electron chi connectivity index (χ1n) is 26.4. The maximum Gasteiger partial charge on any atom is 0.179 e. The fraction of sp³-hybridized carbons (Fsp3) is 0. The summed E-state index contributed by atoms with van der Waals surface area (Å²) < 4.78 is 48.1. The van der Waals surface area contributed by atoms with Crippen LogP contribution in [-0.4, -0.2) is 25.3 Å². The average Bonchev–Trinajstić information content (AvgIpc) is 4.05. The molecule has 0 fully saturated rings. The second kappa shape index (κ2) is 16.0. The van der Waals surface area contributed by atoms with Crippen molar-refractivity contribution in [3.05, 3.63) is 279 Å². The predicted molar refractivity (Wildman–Crippen MR) is 301 cm³/mol. The lowest BCUT2D eigenvalue weighted by Crippen LogP contribution is -2.93. The molecular weight excluding hydrogens is 877 g/mol. The summed E-state index contributed by atoms with van der Waals surface area (Å²) in [5.41, 5.74) is 6.88. The molecule has 3 heterocycles. The lowest BCUT2D eigenvalue weighted by atomic mass is 10.0. The molecule has 13 aromatic rings. The number of fused-ring (bicyclic) bond motifs is 8. The molecule has 1 aliphatic rings. The van der Waals surface area contributed by atoms with Crippen LogP contribution >= 0.6 is 0 Å². The summed E-state index contributed by atoms with van der Waals surface area (Å²) >= 11 is 0. The number of rotatable bonds is 7. The summed E-state index contributed by atoms with van der Waals surface area (Å²) in [6.45, 7) is 0. The van der Waals surface area contributed by atoms with E-state index in [9.17, 15) is 0 Å². The van der Waals surface area contributed by atoms with Crippen LogP contribution in [0.25, 0.3) is 66.1 Å². The number of para-hydroxylation sites is 2. The Morgan fingerprint density at radius 2 is 0.643 bits per heavy atom. The van der Waals surface area contributed by atoms with Gasteiger partial charge in [-0.15, -0.1) is 0 Å². The van der Waals surface area contributed by atoms with Crippen LogP contribution in [0.5, 0.6) is 0 Å². The molecule has 0 saturated heterocycles. The minimum atomic E-state index is -3.06. The highest BCUT2D eigenvalue weighted by atomic mass is 28.3. The van der Waals surface area contributed by atoms with Crippen molar-refractivity contribution in [2.75, 3.05) is 0 Å². The van der Waals surface area contributed by atoms with E-state index >= 15 is 0 Å². The molecule has 0 aliphatic carbocycles. The maximum absolute atomic E-state index is 8.97. The van der Waals surface area contributed by atoms with Crippen LogP contribution in [0.4, 0.5) is 0 Å². The summed E-state index contributed by atoms with van der Waals surface area (Å²) in [6, 6.07) is 89.8. The van der Waals surface area contributed by atoms with E-state index in [0.717, 1.165) is 44.2 Å². The molecule has 0 N–H and O–H groups in total. The van der Waals surface area contributed by atoms with Gasteiger partial charge in [0.15, 0.2) is 16.1 Å². The molecule has 2 aromatic heterocycles. The number of hydrogen-bond acceptors (Lipinski definition) is 0. The first-order chi connectivity index (χ1) is 36.8. The van der Waals surface area contributed by atoms with Gasteiger partial charge in [-0.2, -0.15) is 0 Å². The molecule has 0 radical (unpaired) electrons. The number of aromatic nitrogens is 2. The molecule has 0 atom stereocenters. The Hall–Kier alpha value is -8.55. The SMILES string of the molecule is [2H]c1c([2H])c([2H])c(-c2ccc3c(c2)c2cc(-n4c5ccccc5c5ccccc54)ccc2n3-c2ccc([Si]3(c4ccccc4)c4ccccc4[Si](c4ccccc4)(c4ccccc4)c4ccccc43)cc2)c([2H])c1[2H]. The first kappa shape index (κ1) is 35.6. The van der Waals surface area contributed by atoms with Crippen molar-refractivity contribution in [1.82, 2.24) is 9.13 Å². The summed E-state index contributed by atoms with van der Waals surface area (Å²) in [5, 5.41) is 15.3. The van der Waals surface area contributed by atoms with Gasteiger partial charge in [0.1, 0.15) is 0 Å². The van der Waals surface area contributed by atoms with Gasteiger partial charge in [0.2, 0.25) is 0 Å². The summed E-state index contributed by atoms with van der Waals surface area (Å²) in [4.78, 5) is 0. The fourth-order valence-corrected chi connectivity index (χ4v) is 24.3. The van der Waals surface area contributed by atoms with E-state index < -0.39 is 22.2 Å². The van der Waals surface area contributed by atoms with E-state index in [0.29, 0.717) is 5.56 Å². The summed E-state index contributed by atoms with van der Waals surface area (Å²) in [5.74, 6) is 0. The van der Waals surface area contributed by atoms with E-state index in [1.54, 1.807) is 0 Å². The second-order valence-corrected chi connectivity index (χ2v) is 25.8. The largest absolute Gasteiger partial charge is 0.309 e. The van der Waals surface area contributed by atoms with Crippen LogP contribution < -0.4 is 41.5 Å². The lowest BCUT2D eigenvalue weighted by Gasteiger charge is -2.48. The number of nitrogens with zero attached hydrogens (tertiary/aromatic N) is 2. The van der Waals surface area contributed by atoms with E-state index in [1.165, 1.54) is 52.3 Å². The number of benzene rings is 11. The minimum absolute atomic E-state index is 0.183. The molecule has 0 unspecified atom stereocenters. The van der Waals surface area contributed by atoms with Gasteiger partial charge >= 0.3 is 0 Å². The molecule has 328 valence electrons. The third kappa shape index (κ3) is 5.78. The maximum atomic E-state index is 8.97. The smallest absolute Gasteiger partial charge is 0.179 e. The van der Waals surface area contributed by atoms with Gasteiger partial charge in [-0.1, -0.05) is 224 Å². The summed E-state index contributed by atoms with van der Waals surface area (Å²) in [6.07, 6.45) is 0. The lowest BCUT2D eigenvalue weighted by molar-refractivity contribution is 1.17. The minimum Gasteiger partial charge on any atom is -0.309 e. The molecule has 1 aliphatic heterocycles. The van der Waals surface area contributed by atoms with Gasteiger partial charge < -0.3 is 9.13 Å². The van der Waals surface area contributed by atoms with Gasteiger partial charge in [-0.25, -0.2) is 0 Å². The highest BCUT2D eigenvalue weighted by molar-refractivity contribution is 7.32. The quantitative estimate of drug-likeness (QED) is 0.141. The Kier molecular flexibility index (Phi) is 8.15. The molecule has 0 spiro atoms. The molecule has 11 aromatic carbocycles. The van der Waals surface area contributed by atoms with Gasteiger partial charge in [0.25, 0.3) is 0 Å². The average molecular weight is 928 g/mol. The standard InChI is InChI=1S/C66H46N2Si2/c1-5-21-47(22-6-1)48-37-43-61-57(45-48)58-46-50(68-59-31-15-13-29-55(59)56-30-14-16-32-60(56)68)40-44-62(58)67(61)49-38-41-54(42-39-49)70(53-27-11-4-12-28-53)65-35-19-17-33-63(65)69(51-23-7-2-8-24-51,52-25-9-3-10-26-52)64-34-18-20-36-66(64)70/h1-46H/i1D,5D,6D,21D,22D. The first-order valence-corrected chi connectivity index (χ1v) is 27.9. The fourth-order valence-electron chi connectivity index (χ4n) is 12.2. The van der Waals surface area contributed by atoms with Gasteiger partial charge in [-0.3, -0.25) is 0 Å². The van der Waals surface area contributed by atoms with E-state index in [2.05, 4.69) is 240 Å². The van der Waals surface area contributed by atoms with Crippen LogP contribution in [0, 0.1) is 0 Å². The van der Waals surface area contributed by atoms with E-state index in [4.69, 9.17) is 6.85 Å². The summed E-state index contributed by atoms with van der Waals surface area (Å²) in [7, 11) is -5.93. The van der Waals surface area contributed by atoms with Crippen LogP contribution in [0.2, 0.25) is 0 Å². The Morgan fingerprint density at radius 1 is 0.271 bits per heavy atom. The molecule has 70 heavy (non-hydrogen) atoms. The molecular formula is C66H46N2Si2. The zero-order chi connectivity index (χ0) is 50.6. The Morgan fingerprint density at radius 3 is 1.14 bits per heavy atom. The van der Waals surface area contributed by atoms with Crippen molar-refractivity contribution < 1.29 is 6.85 Å². The van der Waals surface area contributed by atoms with Crippen molar-refractivity contribution in [3.63, 3.8) is 0 Å². The molecule has 0 amide bonds. The van der Waals surface area contributed by atoms with Crippen molar-refractivity contribution in [2.24, 2.45) is 0 Å². The third-order valence-corrected chi connectivity index (χ3v) is 25.3. The zero-order valence-corrected chi connectivity index (χ0v) is 40.1. The van der Waals surface area contributed by atoms with Crippen molar-refractivity contribution in [2.45, 2.75) is 0 Å². The molecule has 4 heteroatoms. The van der Waals surface area contributed by atoms with E-state index in [1.807, 2.05) is 18.2 Å². The molecule has 0 bridgehead atoms. The van der Waals surface area contributed by atoms with Gasteiger partial charge in [-0.05, 0) is 107 Å². The Labute approximate surface area is 416 Å². The highest BCUT2D eigenvalue weighted by Gasteiger charge is 2.56. The van der Waals surface area contributed by atoms with E-state index in [-0.39, 0.29) is 29.7 Å². The van der Waals surface area contributed by atoms with Crippen LogP contribution in [0.1, 0.15) is 6.85 Å². The second-order valence-electron chi connectivity index (χ2n) is 18.4. The van der Waals surface area contributed by atoms with Crippen LogP contribution in [0.3, 0.4) is 0 Å².